The molecular weight excluding hydrogens is 360 g/mol. The second-order valence-corrected chi connectivity index (χ2v) is 7.32. The van der Waals surface area contributed by atoms with Gasteiger partial charge in [0, 0.05) is 5.69 Å². The predicted molar refractivity (Wildman–Crippen MR) is 102 cm³/mol. The summed E-state index contributed by atoms with van der Waals surface area (Å²) in [7, 11) is 0. The van der Waals surface area contributed by atoms with Gasteiger partial charge >= 0.3 is 5.97 Å². The molecule has 1 N–H and O–H groups in total. The smallest absolute Gasteiger partial charge is 0.329 e. The first-order chi connectivity index (χ1) is 13.3. The van der Waals surface area contributed by atoms with E-state index in [1.165, 1.54) is 13.8 Å². The molecule has 28 heavy (non-hydrogen) atoms. The van der Waals surface area contributed by atoms with E-state index in [1.807, 2.05) is 31.2 Å². The number of carbonyl (C=O) groups is 4. The lowest BCUT2D eigenvalue weighted by atomic mass is 9.85. The van der Waals surface area contributed by atoms with Crippen molar-refractivity contribution in [1.29, 1.82) is 0 Å². The zero-order chi connectivity index (χ0) is 20.4. The lowest BCUT2D eigenvalue weighted by Crippen LogP contribution is -2.46. The van der Waals surface area contributed by atoms with Crippen molar-refractivity contribution in [2.75, 3.05) is 5.32 Å². The Morgan fingerprint density at radius 2 is 1.71 bits per heavy atom. The first-order valence-corrected chi connectivity index (χ1v) is 9.39. The number of carbonyl (C=O) groups excluding carboxylic acids is 4. The number of nitrogens with zero attached hydrogens (tertiary/aromatic N) is 1. The molecule has 1 fully saturated rings. The number of rotatable bonds is 5. The first-order valence-electron chi connectivity index (χ1n) is 9.39. The number of fused-ring (bicyclic) bond motifs is 1. The molecule has 0 spiro atoms. The van der Waals surface area contributed by atoms with Crippen molar-refractivity contribution in [2.24, 2.45) is 11.8 Å². The SMILES string of the molecule is Cc1cccc(NC(=O)[C@@H](C)OC(=O)[C@@H](C)N2C(=O)[C@H]3CC=CC[C@H]3C2=O)c1. The largest absolute Gasteiger partial charge is 0.451 e. The number of aryl methyl sites for hydroxylation is 1. The maximum absolute atomic E-state index is 12.6. The fourth-order valence-electron chi connectivity index (χ4n) is 3.61. The highest BCUT2D eigenvalue weighted by atomic mass is 16.5. The van der Waals surface area contributed by atoms with Crippen LogP contribution >= 0.6 is 0 Å². The van der Waals surface area contributed by atoms with Gasteiger partial charge < -0.3 is 10.1 Å². The summed E-state index contributed by atoms with van der Waals surface area (Å²) in [4.78, 5) is 50.9. The van der Waals surface area contributed by atoms with Crippen molar-refractivity contribution < 1.29 is 23.9 Å². The number of anilines is 1. The highest BCUT2D eigenvalue weighted by Gasteiger charge is 2.50. The molecule has 7 heteroatoms. The Bertz CT molecular complexity index is 821. The van der Waals surface area contributed by atoms with Gasteiger partial charge in [-0.15, -0.1) is 0 Å². The first kappa shape index (κ1) is 19.8. The van der Waals surface area contributed by atoms with Crippen molar-refractivity contribution >= 4 is 29.4 Å². The summed E-state index contributed by atoms with van der Waals surface area (Å²) in [6.07, 6.45) is 3.71. The summed E-state index contributed by atoms with van der Waals surface area (Å²) in [5, 5.41) is 2.68. The van der Waals surface area contributed by atoms with E-state index in [4.69, 9.17) is 4.74 Å². The van der Waals surface area contributed by atoms with Crippen LogP contribution in [0, 0.1) is 18.8 Å². The van der Waals surface area contributed by atoms with Gasteiger partial charge in [-0.3, -0.25) is 19.3 Å². The highest BCUT2D eigenvalue weighted by Crippen LogP contribution is 2.36. The van der Waals surface area contributed by atoms with E-state index in [2.05, 4.69) is 5.32 Å². The quantitative estimate of drug-likeness (QED) is 0.477. The van der Waals surface area contributed by atoms with Gasteiger partial charge in [-0.25, -0.2) is 4.79 Å². The summed E-state index contributed by atoms with van der Waals surface area (Å²) in [6, 6.07) is 6.17. The number of imide groups is 1. The Hall–Kier alpha value is -2.96. The summed E-state index contributed by atoms with van der Waals surface area (Å²) < 4.78 is 5.23. The summed E-state index contributed by atoms with van der Waals surface area (Å²) in [5.41, 5.74) is 1.58. The highest BCUT2D eigenvalue weighted by molar-refractivity contribution is 6.08. The average molecular weight is 384 g/mol. The Morgan fingerprint density at radius 3 is 2.29 bits per heavy atom. The number of amides is 3. The number of esters is 1. The fraction of sp³-hybridized carbons (Fsp3) is 0.429. The van der Waals surface area contributed by atoms with Crippen LogP contribution in [0.4, 0.5) is 5.69 Å². The maximum atomic E-state index is 12.6. The van der Waals surface area contributed by atoms with Crippen LogP contribution in [0.5, 0.6) is 0 Å². The Labute approximate surface area is 163 Å². The maximum Gasteiger partial charge on any atom is 0.329 e. The molecule has 0 saturated carbocycles. The molecule has 1 saturated heterocycles. The zero-order valence-corrected chi connectivity index (χ0v) is 16.2. The molecule has 1 aromatic carbocycles. The molecule has 3 amide bonds. The standard InChI is InChI=1S/C21H24N2O5/c1-12-7-6-8-15(11-12)22-18(24)14(3)28-21(27)13(2)23-19(25)16-9-4-5-10-17(16)20(23)26/h4-8,11,13-14,16-17H,9-10H2,1-3H3,(H,22,24)/t13-,14-,16-,17+/m1/s1. The number of hydrogen-bond acceptors (Lipinski definition) is 5. The Morgan fingerprint density at radius 1 is 1.11 bits per heavy atom. The lowest BCUT2D eigenvalue weighted by molar-refractivity contribution is -0.163. The van der Waals surface area contributed by atoms with Crippen LogP contribution in [-0.2, 0) is 23.9 Å². The van der Waals surface area contributed by atoms with Gasteiger partial charge in [0.15, 0.2) is 6.10 Å². The van der Waals surface area contributed by atoms with Crippen LogP contribution < -0.4 is 5.32 Å². The molecule has 1 aliphatic carbocycles. The third kappa shape index (κ3) is 3.83. The second-order valence-electron chi connectivity index (χ2n) is 7.32. The van der Waals surface area contributed by atoms with Gasteiger partial charge in [-0.1, -0.05) is 24.3 Å². The zero-order valence-electron chi connectivity index (χ0n) is 16.2. The molecule has 148 valence electrons. The molecule has 1 aromatic rings. The van der Waals surface area contributed by atoms with E-state index in [9.17, 15) is 19.2 Å². The van der Waals surface area contributed by atoms with Crippen LogP contribution in [0.15, 0.2) is 36.4 Å². The van der Waals surface area contributed by atoms with E-state index in [0.717, 1.165) is 10.5 Å². The lowest BCUT2D eigenvalue weighted by Gasteiger charge is -2.23. The van der Waals surface area contributed by atoms with Gasteiger partial charge in [0.2, 0.25) is 11.8 Å². The molecule has 1 heterocycles. The van der Waals surface area contributed by atoms with Gasteiger partial charge in [0.1, 0.15) is 6.04 Å². The van der Waals surface area contributed by atoms with Crippen LogP contribution in [0.1, 0.15) is 32.3 Å². The molecule has 2 aliphatic rings. The summed E-state index contributed by atoms with van der Waals surface area (Å²) in [6.45, 7) is 4.80. The van der Waals surface area contributed by atoms with Crippen LogP contribution in [0.2, 0.25) is 0 Å². The topological polar surface area (TPSA) is 92.8 Å². The van der Waals surface area contributed by atoms with E-state index in [0.29, 0.717) is 18.5 Å². The minimum Gasteiger partial charge on any atom is -0.451 e. The number of benzene rings is 1. The third-order valence-electron chi connectivity index (χ3n) is 5.22. The fourth-order valence-corrected chi connectivity index (χ4v) is 3.61. The molecule has 0 bridgehead atoms. The number of likely N-dealkylation sites (tertiary alicyclic amines) is 1. The molecule has 0 unspecified atom stereocenters. The Kier molecular flexibility index (Phi) is 5.63. The van der Waals surface area contributed by atoms with E-state index < -0.39 is 35.9 Å². The van der Waals surface area contributed by atoms with Crippen molar-refractivity contribution in [3.05, 3.63) is 42.0 Å². The molecule has 1 aliphatic heterocycles. The minimum atomic E-state index is -1.07. The van der Waals surface area contributed by atoms with Crippen molar-refractivity contribution in [1.82, 2.24) is 4.90 Å². The average Bonchev–Trinajstić information content (AvgIpc) is 2.92. The molecular formula is C21H24N2O5. The van der Waals surface area contributed by atoms with Gasteiger partial charge in [0.25, 0.3) is 5.91 Å². The van der Waals surface area contributed by atoms with Crippen molar-refractivity contribution in [2.45, 2.75) is 45.8 Å². The number of nitrogens with one attached hydrogen (secondary N) is 1. The third-order valence-corrected chi connectivity index (χ3v) is 5.22. The van der Waals surface area contributed by atoms with Gasteiger partial charge in [0.05, 0.1) is 11.8 Å². The molecule has 0 radical (unpaired) electrons. The van der Waals surface area contributed by atoms with E-state index in [1.54, 1.807) is 12.1 Å². The van der Waals surface area contributed by atoms with Crippen LogP contribution in [0.3, 0.4) is 0 Å². The molecule has 7 nitrogen and oxygen atoms in total. The summed E-state index contributed by atoms with van der Waals surface area (Å²) >= 11 is 0. The van der Waals surface area contributed by atoms with Gasteiger partial charge in [-0.05, 0) is 51.3 Å². The number of ether oxygens (including phenoxy) is 1. The van der Waals surface area contributed by atoms with Crippen molar-refractivity contribution in [3.8, 4) is 0 Å². The molecule has 3 rings (SSSR count). The summed E-state index contributed by atoms with van der Waals surface area (Å²) in [5.74, 6) is -2.77. The Balaban J connectivity index is 1.61. The van der Waals surface area contributed by atoms with Gasteiger partial charge in [-0.2, -0.15) is 0 Å². The normalized spacial score (nSPS) is 23.2. The van der Waals surface area contributed by atoms with Crippen LogP contribution in [0.25, 0.3) is 0 Å². The second kappa shape index (κ2) is 7.96. The van der Waals surface area contributed by atoms with E-state index in [-0.39, 0.29) is 11.8 Å². The monoisotopic (exact) mass is 384 g/mol. The van der Waals surface area contributed by atoms with Crippen molar-refractivity contribution in [3.63, 3.8) is 0 Å². The molecule has 4 atom stereocenters. The van der Waals surface area contributed by atoms with E-state index >= 15 is 0 Å². The number of allylic oxidation sites excluding steroid dienone is 2. The van der Waals surface area contributed by atoms with Crippen LogP contribution in [-0.4, -0.2) is 40.7 Å². The number of hydrogen-bond donors (Lipinski definition) is 1. The predicted octanol–water partition coefficient (Wildman–Crippen LogP) is 2.20. The minimum absolute atomic E-state index is 0.347. The molecule has 0 aromatic heterocycles.